The van der Waals surface area contributed by atoms with E-state index in [0.717, 1.165) is 5.57 Å². The second kappa shape index (κ2) is 3.04. The first-order chi connectivity index (χ1) is 3.95. The molecule has 9 heavy (non-hydrogen) atoms. The van der Waals surface area contributed by atoms with Gasteiger partial charge in [-0.25, -0.2) is 4.39 Å². The number of hydrogen-bond donors (Lipinski definition) is 0. The second-order valence-electron chi connectivity index (χ2n) is 3.03. The molecule has 0 N–H and O–H groups in total. The Labute approximate surface area is 57.6 Å². The van der Waals surface area contributed by atoms with Gasteiger partial charge in [0.1, 0.15) is 13.5 Å². The summed E-state index contributed by atoms with van der Waals surface area (Å²) in [5.74, 6) is 1.95. The van der Waals surface area contributed by atoms with E-state index in [-0.39, 0.29) is 0 Å². The Hall–Kier alpha value is -0.265. The Bertz CT molecular complexity index is 111. The number of hydrogen-bond acceptors (Lipinski definition) is 0. The summed E-state index contributed by atoms with van der Waals surface area (Å²) in [5.41, 5.74) is 0.0684. The summed E-state index contributed by atoms with van der Waals surface area (Å²) in [6.45, 7) is 5.14. The van der Waals surface area contributed by atoms with Crippen LogP contribution in [-0.4, -0.2) is 13.5 Å². The molecule has 52 valence electrons. The van der Waals surface area contributed by atoms with Crippen LogP contribution in [0.3, 0.4) is 0 Å². The molecule has 0 saturated heterocycles. The van der Waals surface area contributed by atoms with E-state index in [2.05, 4.69) is 0 Å². The molecule has 0 radical (unpaired) electrons. The van der Waals surface area contributed by atoms with E-state index in [4.69, 9.17) is 0 Å². The molecule has 0 aliphatic rings. The monoisotopic (exact) mass is 128 g/mol. The van der Waals surface area contributed by atoms with Crippen LogP contribution in [0.15, 0.2) is 11.5 Å². The standard InChI is InChI=1S/C7H14BF/c1-6(5-8)4-7(2,3)9/h5H,4,8H2,1-3H3/b6-5-. The van der Waals surface area contributed by atoms with Crippen LogP contribution < -0.4 is 0 Å². The molecule has 0 spiro atoms. The zero-order chi connectivity index (χ0) is 7.49. The first-order valence-corrected chi connectivity index (χ1v) is 3.26. The van der Waals surface area contributed by atoms with Gasteiger partial charge in [0.25, 0.3) is 0 Å². The normalized spacial score (nSPS) is 14.0. The second-order valence-corrected chi connectivity index (χ2v) is 3.03. The van der Waals surface area contributed by atoms with E-state index in [1.54, 1.807) is 13.8 Å². The molecule has 0 aliphatic heterocycles. The number of rotatable bonds is 2. The van der Waals surface area contributed by atoms with Crippen LogP contribution in [0.4, 0.5) is 4.39 Å². The lowest BCUT2D eigenvalue weighted by atomic mass is 9.96. The van der Waals surface area contributed by atoms with Crippen LogP contribution in [0.1, 0.15) is 27.2 Å². The Kier molecular flexibility index (Phi) is 2.95. The molecule has 0 atom stereocenters. The van der Waals surface area contributed by atoms with Gasteiger partial charge >= 0.3 is 0 Å². The molecule has 0 bridgehead atoms. The molecule has 0 unspecified atom stereocenters. The van der Waals surface area contributed by atoms with Gasteiger partial charge < -0.3 is 0 Å². The van der Waals surface area contributed by atoms with Crippen LogP contribution in [0.5, 0.6) is 0 Å². The fourth-order valence-electron chi connectivity index (χ4n) is 0.765. The van der Waals surface area contributed by atoms with E-state index >= 15 is 0 Å². The molecule has 0 heterocycles. The van der Waals surface area contributed by atoms with Crippen molar-refractivity contribution in [3.05, 3.63) is 11.5 Å². The van der Waals surface area contributed by atoms with Gasteiger partial charge in [0, 0.05) is 6.42 Å². The highest BCUT2D eigenvalue weighted by Crippen LogP contribution is 2.18. The highest BCUT2D eigenvalue weighted by Gasteiger charge is 2.14. The quantitative estimate of drug-likeness (QED) is 0.496. The predicted octanol–water partition coefficient (Wildman–Crippen LogP) is 1.66. The molecule has 0 nitrogen and oxygen atoms in total. The van der Waals surface area contributed by atoms with Gasteiger partial charge in [-0.3, -0.25) is 0 Å². The molecule has 0 aromatic rings. The molecule has 0 aromatic carbocycles. The fourth-order valence-corrected chi connectivity index (χ4v) is 0.765. The third-order valence-corrected chi connectivity index (χ3v) is 1.19. The van der Waals surface area contributed by atoms with Crippen molar-refractivity contribution in [1.29, 1.82) is 0 Å². The van der Waals surface area contributed by atoms with E-state index in [1.807, 2.05) is 20.7 Å². The lowest BCUT2D eigenvalue weighted by molar-refractivity contribution is 0.217. The van der Waals surface area contributed by atoms with Gasteiger partial charge in [-0.05, 0) is 20.8 Å². The maximum atomic E-state index is 12.8. The SMILES string of the molecule is B/C=C(/C)CC(C)(C)F. The van der Waals surface area contributed by atoms with E-state index < -0.39 is 5.67 Å². The van der Waals surface area contributed by atoms with E-state index in [9.17, 15) is 4.39 Å². The summed E-state index contributed by atoms with van der Waals surface area (Å²) in [5, 5.41) is 0. The third kappa shape index (κ3) is 5.61. The van der Waals surface area contributed by atoms with Crippen molar-refractivity contribution >= 4 is 7.85 Å². The summed E-state index contributed by atoms with van der Waals surface area (Å²) in [6, 6.07) is 0. The van der Waals surface area contributed by atoms with Crippen LogP contribution >= 0.6 is 0 Å². The minimum absolute atomic E-state index is 0.545. The van der Waals surface area contributed by atoms with Crippen molar-refractivity contribution in [1.82, 2.24) is 0 Å². The molecule has 0 aliphatic carbocycles. The van der Waals surface area contributed by atoms with E-state index in [0.29, 0.717) is 6.42 Å². The Morgan fingerprint density at radius 1 is 1.67 bits per heavy atom. The minimum Gasteiger partial charge on any atom is -0.244 e. The molecule has 0 amide bonds. The topological polar surface area (TPSA) is 0 Å². The number of allylic oxidation sites excluding steroid dienone is 1. The zero-order valence-electron chi connectivity index (χ0n) is 6.66. The average Bonchev–Trinajstić information content (AvgIpc) is 1.62. The van der Waals surface area contributed by atoms with Crippen molar-refractivity contribution < 1.29 is 4.39 Å². The van der Waals surface area contributed by atoms with Crippen LogP contribution in [0.2, 0.25) is 0 Å². The maximum absolute atomic E-state index is 12.8. The van der Waals surface area contributed by atoms with Crippen molar-refractivity contribution in [2.45, 2.75) is 32.9 Å². The highest BCUT2D eigenvalue weighted by molar-refractivity contribution is 6.17. The van der Waals surface area contributed by atoms with Crippen LogP contribution in [0, 0.1) is 0 Å². The van der Waals surface area contributed by atoms with Gasteiger partial charge in [0.15, 0.2) is 0 Å². The zero-order valence-corrected chi connectivity index (χ0v) is 6.66. The molecular weight excluding hydrogens is 114 g/mol. The predicted molar refractivity (Wildman–Crippen MR) is 42.1 cm³/mol. The highest BCUT2D eigenvalue weighted by atomic mass is 19.1. The summed E-state index contributed by atoms with van der Waals surface area (Å²) in [6.07, 6.45) is 0.545. The Morgan fingerprint density at radius 2 is 2.11 bits per heavy atom. The molecule has 0 saturated carbocycles. The van der Waals surface area contributed by atoms with Gasteiger partial charge in [-0.1, -0.05) is 5.57 Å². The number of alkyl halides is 1. The maximum Gasteiger partial charge on any atom is 0.129 e. The van der Waals surface area contributed by atoms with Gasteiger partial charge in [-0.2, -0.15) is 0 Å². The lowest BCUT2D eigenvalue weighted by Gasteiger charge is -2.13. The molecule has 0 aromatic heterocycles. The largest absolute Gasteiger partial charge is 0.244 e. The van der Waals surface area contributed by atoms with Crippen molar-refractivity contribution in [2.24, 2.45) is 0 Å². The van der Waals surface area contributed by atoms with Gasteiger partial charge in [0.2, 0.25) is 0 Å². The molecular formula is C7H14BF. The smallest absolute Gasteiger partial charge is 0.129 e. The third-order valence-electron chi connectivity index (χ3n) is 1.19. The molecule has 0 rings (SSSR count). The van der Waals surface area contributed by atoms with Crippen molar-refractivity contribution in [3.8, 4) is 0 Å². The molecule has 2 heteroatoms. The van der Waals surface area contributed by atoms with E-state index in [1.165, 1.54) is 0 Å². The number of halogens is 1. The van der Waals surface area contributed by atoms with Gasteiger partial charge in [-0.15, -0.1) is 5.98 Å². The van der Waals surface area contributed by atoms with Crippen molar-refractivity contribution in [3.63, 3.8) is 0 Å². The summed E-state index contributed by atoms with van der Waals surface area (Å²) in [4.78, 5) is 0. The fraction of sp³-hybridized carbons (Fsp3) is 0.714. The summed E-state index contributed by atoms with van der Waals surface area (Å²) >= 11 is 0. The summed E-state index contributed by atoms with van der Waals surface area (Å²) < 4.78 is 12.8. The minimum atomic E-state index is -1.05. The molecule has 0 fully saturated rings. The Balaban J connectivity index is 3.75. The Morgan fingerprint density at radius 3 is 2.22 bits per heavy atom. The lowest BCUT2D eigenvalue weighted by Crippen LogP contribution is -2.11. The van der Waals surface area contributed by atoms with Gasteiger partial charge in [0.05, 0.1) is 0 Å². The first-order valence-electron chi connectivity index (χ1n) is 3.26. The first kappa shape index (κ1) is 8.73. The van der Waals surface area contributed by atoms with Crippen LogP contribution in [-0.2, 0) is 0 Å². The summed E-state index contributed by atoms with van der Waals surface area (Å²) in [7, 11) is 1.93. The van der Waals surface area contributed by atoms with Crippen LogP contribution in [0.25, 0.3) is 0 Å². The van der Waals surface area contributed by atoms with Crippen molar-refractivity contribution in [2.75, 3.05) is 0 Å². The average molecular weight is 128 g/mol.